The molecule has 2 aromatic carbocycles. The van der Waals surface area contributed by atoms with Crippen LogP contribution in [0.25, 0.3) is 5.69 Å². The Balaban J connectivity index is 2.09. The molecular formula is C25H31FN4O3. The van der Waals surface area contributed by atoms with Crippen molar-refractivity contribution in [2.24, 2.45) is 0 Å². The lowest BCUT2D eigenvalue weighted by Crippen LogP contribution is -2.26. The number of carbonyl (C=O) groups excluding carboxylic acids is 1. The molecule has 7 nitrogen and oxygen atoms in total. The highest BCUT2D eigenvalue weighted by Gasteiger charge is 2.23. The van der Waals surface area contributed by atoms with Crippen molar-refractivity contribution in [3.8, 4) is 11.4 Å². The SMILES string of the molecule is CCC[C@H](C)Oc1cc(-n2nc(C)n(C(C)C)c2=O)c(F)cc1C(=O)Nc1cccc(C)c1. The minimum Gasteiger partial charge on any atom is -0.490 e. The van der Waals surface area contributed by atoms with E-state index >= 15 is 4.39 Å². The molecule has 0 radical (unpaired) electrons. The summed E-state index contributed by atoms with van der Waals surface area (Å²) in [5.74, 6) is -0.574. The Morgan fingerprint density at radius 1 is 1.18 bits per heavy atom. The summed E-state index contributed by atoms with van der Waals surface area (Å²) in [5, 5.41) is 7.04. The number of ether oxygens (including phenoxy) is 1. The number of amides is 1. The first kappa shape index (κ1) is 24.2. The summed E-state index contributed by atoms with van der Waals surface area (Å²) in [5.41, 5.74) is 1.12. The predicted molar refractivity (Wildman–Crippen MR) is 127 cm³/mol. The smallest absolute Gasteiger partial charge is 0.351 e. The van der Waals surface area contributed by atoms with Crippen LogP contribution in [0.5, 0.6) is 5.75 Å². The molecule has 0 saturated carbocycles. The van der Waals surface area contributed by atoms with Crippen molar-refractivity contribution in [2.75, 3.05) is 5.32 Å². The van der Waals surface area contributed by atoms with E-state index in [1.807, 2.05) is 52.8 Å². The van der Waals surface area contributed by atoms with Gasteiger partial charge in [0, 0.05) is 17.8 Å². The monoisotopic (exact) mass is 454 g/mol. The number of hydrogen-bond donors (Lipinski definition) is 1. The lowest BCUT2D eigenvalue weighted by molar-refractivity contribution is 0.101. The average molecular weight is 455 g/mol. The Labute approximate surface area is 193 Å². The number of anilines is 1. The van der Waals surface area contributed by atoms with Gasteiger partial charge in [-0.15, -0.1) is 0 Å². The molecule has 0 aliphatic rings. The average Bonchev–Trinajstić information content (AvgIpc) is 3.03. The van der Waals surface area contributed by atoms with E-state index in [2.05, 4.69) is 10.4 Å². The molecule has 176 valence electrons. The van der Waals surface area contributed by atoms with Crippen molar-refractivity contribution in [3.63, 3.8) is 0 Å². The lowest BCUT2D eigenvalue weighted by atomic mass is 10.1. The fourth-order valence-electron chi connectivity index (χ4n) is 3.81. The highest BCUT2D eigenvalue weighted by molar-refractivity contribution is 6.06. The Morgan fingerprint density at radius 3 is 2.52 bits per heavy atom. The molecule has 1 N–H and O–H groups in total. The molecule has 0 bridgehead atoms. The van der Waals surface area contributed by atoms with Crippen LogP contribution >= 0.6 is 0 Å². The van der Waals surface area contributed by atoms with Crippen LogP contribution in [-0.2, 0) is 0 Å². The van der Waals surface area contributed by atoms with E-state index in [0.717, 1.165) is 29.2 Å². The number of nitrogens with zero attached hydrogens (tertiary/aromatic N) is 3. The molecular weight excluding hydrogens is 423 g/mol. The van der Waals surface area contributed by atoms with Crippen molar-refractivity contribution in [1.82, 2.24) is 14.3 Å². The maximum Gasteiger partial charge on any atom is 0.351 e. The zero-order valence-corrected chi connectivity index (χ0v) is 20.0. The van der Waals surface area contributed by atoms with E-state index in [9.17, 15) is 9.59 Å². The second-order valence-electron chi connectivity index (χ2n) is 8.55. The molecule has 1 amide bonds. The van der Waals surface area contributed by atoms with Crippen LogP contribution in [0.4, 0.5) is 10.1 Å². The van der Waals surface area contributed by atoms with Crippen molar-refractivity contribution in [1.29, 1.82) is 0 Å². The summed E-state index contributed by atoms with van der Waals surface area (Å²) in [4.78, 5) is 25.9. The van der Waals surface area contributed by atoms with Crippen LogP contribution in [0.15, 0.2) is 41.2 Å². The van der Waals surface area contributed by atoms with E-state index in [1.165, 1.54) is 10.6 Å². The molecule has 3 rings (SSSR count). The van der Waals surface area contributed by atoms with Crippen molar-refractivity contribution < 1.29 is 13.9 Å². The maximum absolute atomic E-state index is 15.2. The quantitative estimate of drug-likeness (QED) is 0.508. The molecule has 0 unspecified atom stereocenters. The first-order valence-electron chi connectivity index (χ1n) is 11.2. The van der Waals surface area contributed by atoms with Gasteiger partial charge in [-0.2, -0.15) is 9.78 Å². The predicted octanol–water partition coefficient (Wildman–Crippen LogP) is 5.19. The summed E-state index contributed by atoms with van der Waals surface area (Å²) >= 11 is 0. The van der Waals surface area contributed by atoms with E-state index in [1.54, 1.807) is 13.0 Å². The number of halogens is 1. The molecule has 0 saturated heterocycles. The Kier molecular flexibility index (Phi) is 7.36. The fraction of sp³-hybridized carbons (Fsp3) is 0.400. The van der Waals surface area contributed by atoms with Crippen molar-refractivity contribution >= 4 is 11.6 Å². The summed E-state index contributed by atoms with van der Waals surface area (Å²) < 4.78 is 23.8. The molecule has 1 atom stereocenters. The lowest BCUT2D eigenvalue weighted by Gasteiger charge is -2.18. The first-order chi connectivity index (χ1) is 15.6. The number of nitrogens with one attached hydrogen (secondary N) is 1. The fourth-order valence-corrected chi connectivity index (χ4v) is 3.81. The van der Waals surface area contributed by atoms with Crippen LogP contribution in [0.1, 0.15) is 68.3 Å². The highest BCUT2D eigenvalue weighted by Crippen LogP contribution is 2.28. The molecule has 0 aliphatic carbocycles. The number of aromatic nitrogens is 3. The number of hydrogen-bond acceptors (Lipinski definition) is 4. The highest BCUT2D eigenvalue weighted by atomic mass is 19.1. The zero-order chi connectivity index (χ0) is 24.3. The molecule has 0 spiro atoms. The summed E-state index contributed by atoms with van der Waals surface area (Å²) in [6.45, 7) is 11.2. The van der Waals surface area contributed by atoms with Crippen LogP contribution in [0, 0.1) is 19.7 Å². The molecule has 1 aromatic heterocycles. The number of rotatable bonds is 8. The number of aryl methyl sites for hydroxylation is 2. The molecule has 33 heavy (non-hydrogen) atoms. The van der Waals surface area contributed by atoms with Gasteiger partial charge in [0.05, 0.1) is 11.7 Å². The third-order valence-corrected chi connectivity index (χ3v) is 5.32. The van der Waals surface area contributed by atoms with Gasteiger partial charge in [0.2, 0.25) is 0 Å². The van der Waals surface area contributed by atoms with Gasteiger partial charge in [-0.25, -0.2) is 9.18 Å². The second kappa shape index (κ2) is 10.0. The summed E-state index contributed by atoms with van der Waals surface area (Å²) in [6.07, 6.45) is 1.44. The van der Waals surface area contributed by atoms with Crippen LogP contribution in [-0.4, -0.2) is 26.4 Å². The van der Waals surface area contributed by atoms with Gasteiger partial charge < -0.3 is 10.1 Å². The van der Waals surface area contributed by atoms with Crippen LogP contribution in [0.3, 0.4) is 0 Å². The summed E-state index contributed by atoms with van der Waals surface area (Å²) in [6, 6.07) is 9.68. The van der Waals surface area contributed by atoms with E-state index in [0.29, 0.717) is 11.5 Å². The van der Waals surface area contributed by atoms with Gasteiger partial charge in [0.15, 0.2) is 0 Å². The minimum absolute atomic E-state index is 0.0498. The topological polar surface area (TPSA) is 78.2 Å². The van der Waals surface area contributed by atoms with Crippen LogP contribution < -0.4 is 15.7 Å². The Hall–Kier alpha value is -3.42. The van der Waals surface area contributed by atoms with Gasteiger partial charge >= 0.3 is 5.69 Å². The first-order valence-corrected chi connectivity index (χ1v) is 11.2. The maximum atomic E-state index is 15.2. The minimum atomic E-state index is -0.740. The van der Waals surface area contributed by atoms with Crippen LogP contribution in [0.2, 0.25) is 0 Å². The van der Waals surface area contributed by atoms with E-state index in [4.69, 9.17) is 4.74 Å². The second-order valence-corrected chi connectivity index (χ2v) is 8.55. The van der Waals surface area contributed by atoms with E-state index in [-0.39, 0.29) is 29.1 Å². The van der Waals surface area contributed by atoms with E-state index < -0.39 is 17.4 Å². The molecule has 3 aromatic rings. The largest absolute Gasteiger partial charge is 0.490 e. The summed E-state index contributed by atoms with van der Waals surface area (Å²) in [7, 11) is 0. The van der Waals surface area contributed by atoms with Crippen molar-refractivity contribution in [3.05, 3.63) is 69.7 Å². The number of carbonyl (C=O) groups is 1. The van der Waals surface area contributed by atoms with Gasteiger partial charge in [-0.1, -0.05) is 25.5 Å². The van der Waals surface area contributed by atoms with Gasteiger partial charge in [0.1, 0.15) is 23.1 Å². The Morgan fingerprint density at radius 2 is 1.91 bits per heavy atom. The number of benzene rings is 2. The van der Waals surface area contributed by atoms with Gasteiger partial charge in [-0.05, 0) is 64.8 Å². The molecule has 0 fully saturated rings. The third-order valence-electron chi connectivity index (χ3n) is 5.32. The molecule has 1 heterocycles. The Bertz CT molecular complexity index is 1210. The normalized spacial score (nSPS) is 12.1. The molecule has 8 heteroatoms. The zero-order valence-electron chi connectivity index (χ0n) is 20.0. The molecule has 0 aliphatic heterocycles. The van der Waals surface area contributed by atoms with Gasteiger partial charge in [-0.3, -0.25) is 9.36 Å². The van der Waals surface area contributed by atoms with Gasteiger partial charge in [0.25, 0.3) is 5.91 Å². The van der Waals surface area contributed by atoms with Crippen molar-refractivity contribution in [2.45, 2.75) is 66.5 Å². The standard InChI is InChI=1S/C25H31FN4O3/c1-7-9-17(5)33-23-14-22(30-25(32)29(15(2)3)18(6)28-30)21(26)13-20(23)24(31)27-19-11-8-10-16(4)12-19/h8,10-15,17H,7,9H2,1-6H3,(H,27,31)/t17-/m0/s1. The third kappa shape index (κ3) is 5.32.